The van der Waals surface area contributed by atoms with E-state index in [9.17, 15) is 0 Å². The van der Waals surface area contributed by atoms with Crippen LogP contribution in [0.5, 0.6) is 0 Å². The second-order valence-electron chi connectivity index (χ2n) is 0.519. The largest absolute Gasteiger partial charge is 0.481 e. The van der Waals surface area contributed by atoms with E-state index in [1.165, 1.54) is 0 Å². The van der Waals surface area contributed by atoms with Crippen molar-refractivity contribution >= 4 is 5.97 Å². The van der Waals surface area contributed by atoms with Crippen molar-refractivity contribution in [1.82, 2.24) is 0 Å². The molecule has 0 amide bonds. The summed E-state index contributed by atoms with van der Waals surface area (Å²) < 4.78 is 0. The maximum atomic E-state index is 9.00. The summed E-state index contributed by atoms with van der Waals surface area (Å²) in [7, 11) is 0. The summed E-state index contributed by atoms with van der Waals surface area (Å²) in [4.78, 5) is 9.00. The van der Waals surface area contributed by atoms with Gasteiger partial charge in [0.05, 0.1) is 0 Å². The number of rotatable bonds is 0. The molecule has 2 nitrogen and oxygen atoms in total. The minimum absolute atomic E-state index is 0. The van der Waals surface area contributed by atoms with Crippen molar-refractivity contribution < 1.29 is 47.6 Å². The second-order valence-corrected chi connectivity index (χ2v) is 0.519. The van der Waals surface area contributed by atoms with Gasteiger partial charge in [-0.2, -0.15) is 0 Å². The number of carboxylic acids is 1. The third-order valence-electron chi connectivity index (χ3n) is 0. The topological polar surface area (TPSA) is 37.3 Å². The molecule has 0 aliphatic rings. The van der Waals surface area contributed by atoms with E-state index in [0.29, 0.717) is 0 Å². The first-order chi connectivity index (χ1) is 1.73. The van der Waals surface area contributed by atoms with E-state index in [2.05, 4.69) is 0 Å². The fourth-order valence-corrected chi connectivity index (χ4v) is 0. The first kappa shape index (κ1) is 26.3. The van der Waals surface area contributed by atoms with E-state index in [1.807, 2.05) is 0 Å². The summed E-state index contributed by atoms with van der Waals surface area (Å²) in [6, 6.07) is 0. The molecule has 0 aliphatic heterocycles. The van der Waals surface area contributed by atoms with Crippen molar-refractivity contribution in [3.8, 4) is 0 Å². The third kappa shape index (κ3) is 821. The van der Waals surface area contributed by atoms with Crippen molar-refractivity contribution in [2.45, 2.75) is 6.92 Å². The van der Waals surface area contributed by atoms with Crippen LogP contribution in [0.15, 0.2) is 0 Å². The Morgan fingerprint density at radius 1 is 1.43 bits per heavy atom. The number of halogens is 1. The van der Waals surface area contributed by atoms with Crippen LogP contribution in [-0.2, 0) is 37.8 Å². The Kier molecular flexibility index (Phi) is 60.6. The molecule has 0 heterocycles. The molecule has 0 rings (SSSR count). The number of carbonyl (C=O) groups is 1. The summed E-state index contributed by atoms with van der Waals surface area (Å²) in [6.07, 6.45) is 0. The zero-order chi connectivity index (χ0) is 3.58. The molecular weight excluding hydrogens is 192 g/mol. The minimum atomic E-state index is -0.833. The van der Waals surface area contributed by atoms with Crippen LogP contribution < -0.4 is 0 Å². The second kappa shape index (κ2) is 16.2. The Hall–Kier alpha value is 0.387. The van der Waals surface area contributed by atoms with Crippen molar-refractivity contribution in [3.63, 3.8) is 0 Å². The van der Waals surface area contributed by atoms with Gasteiger partial charge in [0.1, 0.15) is 0 Å². The zero-order valence-corrected chi connectivity index (χ0v) is 5.37. The number of hydrogen-bond donors (Lipinski definition) is 1. The minimum Gasteiger partial charge on any atom is -0.481 e. The zero-order valence-electron chi connectivity index (χ0n) is 3.40. The molecule has 0 spiro atoms. The normalized spacial score (nSPS) is 3.57. The van der Waals surface area contributed by atoms with Crippen LogP contribution in [0.3, 0.4) is 0 Å². The van der Waals surface area contributed by atoms with Crippen molar-refractivity contribution in [1.29, 1.82) is 0 Å². The predicted octanol–water partition coefficient (Wildman–Crippen LogP) is 0.238. The molecule has 0 atom stereocenters. The number of carboxylic acid groups (broad SMARTS) is 1. The van der Waals surface area contributed by atoms with Crippen LogP contribution in [0, 0.1) is 0 Å². The summed E-state index contributed by atoms with van der Waals surface area (Å²) in [5.74, 6) is -0.833. The third-order valence-corrected chi connectivity index (χ3v) is 0. The number of hydrogen-bond acceptors (Lipinski definition) is 1. The van der Waals surface area contributed by atoms with Gasteiger partial charge in [0, 0.05) is 39.9 Å². The van der Waals surface area contributed by atoms with Gasteiger partial charge in [-0.25, -0.2) is 0 Å². The maximum Gasteiger partial charge on any atom is 0.300 e. The predicted molar refractivity (Wildman–Crippen MR) is 15.8 cm³/mol. The van der Waals surface area contributed by atoms with Gasteiger partial charge in [0.2, 0.25) is 0 Å². The molecule has 0 aromatic carbocycles. The van der Waals surface area contributed by atoms with E-state index in [0.717, 1.165) is 6.92 Å². The van der Waals surface area contributed by atoms with Gasteiger partial charge in [0.25, 0.3) is 5.97 Å². The van der Waals surface area contributed by atoms with Gasteiger partial charge in [-0.1, -0.05) is 0 Å². The van der Waals surface area contributed by atoms with Crippen molar-refractivity contribution in [2.24, 2.45) is 0 Å². The van der Waals surface area contributed by atoms with E-state index in [1.54, 1.807) is 0 Å². The van der Waals surface area contributed by atoms with Crippen LogP contribution >= 0.6 is 0 Å². The maximum absolute atomic E-state index is 9.00. The fourth-order valence-electron chi connectivity index (χ4n) is 0. The summed E-state index contributed by atoms with van der Waals surface area (Å²) >= 11 is 0. The summed E-state index contributed by atoms with van der Waals surface area (Å²) in [6.45, 7) is 1.08. The summed E-state index contributed by atoms with van der Waals surface area (Å²) in [5, 5.41) is 7.42. The first-order valence-corrected chi connectivity index (χ1v) is 0.928. The average Bonchev–Trinajstić information content (AvgIpc) is 0.811. The quantitative estimate of drug-likeness (QED) is 0.565. The molecule has 0 radical (unpaired) electrons. The van der Waals surface area contributed by atoms with E-state index in [4.69, 9.17) is 9.90 Å². The summed E-state index contributed by atoms with van der Waals surface area (Å²) in [5.41, 5.74) is 0. The van der Waals surface area contributed by atoms with Crippen LogP contribution in [0.2, 0.25) is 0 Å². The van der Waals surface area contributed by atoms with Gasteiger partial charge in [0.15, 0.2) is 0 Å². The Labute approximate surface area is 60.9 Å². The van der Waals surface area contributed by atoms with E-state index in [-0.39, 0.29) is 37.7 Å². The molecule has 52 valence electrons. The van der Waals surface area contributed by atoms with Crippen LogP contribution in [0.1, 0.15) is 6.92 Å². The average molecular weight is 197 g/mol. The molecule has 0 fully saturated rings. The first-order valence-electron chi connectivity index (χ1n) is 0.928. The molecule has 0 unspecified atom stereocenters. The van der Waals surface area contributed by atoms with Crippen molar-refractivity contribution in [3.05, 3.63) is 0 Å². The van der Waals surface area contributed by atoms with Crippen LogP contribution in [-0.4, -0.2) is 11.1 Å². The molecule has 1 N–H and O–H groups in total. The Morgan fingerprint density at radius 2 is 1.43 bits per heavy atom. The van der Waals surface area contributed by atoms with E-state index < -0.39 is 5.97 Å². The molecule has 0 aromatic rings. The smallest absolute Gasteiger partial charge is 0.300 e. The molecule has 0 saturated carbocycles. The molecule has 0 aromatic heterocycles. The van der Waals surface area contributed by atoms with Gasteiger partial charge in [-0.05, 0) is 0 Å². The fraction of sp³-hybridized carbons (Fsp3) is 0.500. The van der Waals surface area contributed by atoms with Crippen LogP contribution in [0.4, 0.5) is 4.70 Å². The van der Waals surface area contributed by atoms with Gasteiger partial charge >= 0.3 is 0 Å². The Bertz CT molecular complexity index is 36.7. The molecule has 0 saturated heterocycles. The van der Waals surface area contributed by atoms with Crippen LogP contribution in [0.25, 0.3) is 0 Å². The Balaban J connectivity index is -0.0000000150. The molecule has 7 heavy (non-hydrogen) atoms. The molecular formula is C2H5FNi2O2. The van der Waals surface area contributed by atoms with E-state index >= 15 is 0 Å². The van der Waals surface area contributed by atoms with Gasteiger partial charge in [-0.15, -0.1) is 0 Å². The SMILES string of the molecule is CC(=O)O.F.[Ni].[Ni]. The standard InChI is InChI=1S/C2H4O2.FH.2Ni/c1-2(3)4;;;/h1H3,(H,3,4);1H;;. The number of aliphatic carboxylic acids is 1. The van der Waals surface area contributed by atoms with Gasteiger partial charge in [-0.3, -0.25) is 9.50 Å². The molecule has 5 heteroatoms. The van der Waals surface area contributed by atoms with Crippen molar-refractivity contribution in [2.75, 3.05) is 0 Å². The molecule has 0 bridgehead atoms. The monoisotopic (exact) mass is 196 g/mol. The molecule has 0 aliphatic carbocycles. The van der Waals surface area contributed by atoms with Gasteiger partial charge < -0.3 is 5.11 Å². The Morgan fingerprint density at radius 3 is 1.43 bits per heavy atom.